The van der Waals surface area contributed by atoms with Crippen molar-refractivity contribution in [2.24, 2.45) is 4.99 Å². The summed E-state index contributed by atoms with van der Waals surface area (Å²) in [7, 11) is 0. The molecular weight excluding hydrogens is 418 g/mol. The van der Waals surface area contributed by atoms with Crippen molar-refractivity contribution in [2.75, 3.05) is 13.2 Å². The lowest BCUT2D eigenvalue weighted by atomic mass is 9.97. The van der Waals surface area contributed by atoms with Crippen LogP contribution in [0.2, 0.25) is 0 Å². The van der Waals surface area contributed by atoms with E-state index < -0.39 is 54.5 Å². The zero-order valence-corrected chi connectivity index (χ0v) is 17.5. The number of rotatable bonds is 6. The summed E-state index contributed by atoms with van der Waals surface area (Å²) >= 11 is 0. The Morgan fingerprint density at radius 2 is 1.55 bits per heavy atom. The van der Waals surface area contributed by atoms with Gasteiger partial charge >= 0.3 is 23.9 Å². The van der Waals surface area contributed by atoms with Crippen molar-refractivity contribution in [2.45, 2.75) is 64.8 Å². The van der Waals surface area contributed by atoms with Gasteiger partial charge in [0.25, 0.3) is 0 Å². The Hall–Kier alpha value is -3.22. The van der Waals surface area contributed by atoms with E-state index in [1.165, 1.54) is 6.92 Å². The van der Waals surface area contributed by atoms with Crippen LogP contribution in [-0.4, -0.2) is 79.5 Å². The van der Waals surface area contributed by atoms with Gasteiger partial charge in [-0.05, 0) is 0 Å². The fourth-order valence-corrected chi connectivity index (χ4v) is 3.06. The van der Waals surface area contributed by atoms with Crippen molar-refractivity contribution in [1.82, 2.24) is 10.6 Å². The Labute approximate surface area is 177 Å². The Morgan fingerprint density at radius 3 is 2.10 bits per heavy atom. The molecule has 0 bridgehead atoms. The standard InChI is InChI=1S/C18H25N3O10/c1-8(22)27-7-12-14(28-9(2)23)15(29-10(3)24)16(30-11(4)25)17(31-12)21-18-19-6-5-13(26)20-18/h12,14-17H,5-7H2,1-4H3,(H2,19,20,21,26)/t12-,14+,15+,16-,17+/m1/s1. The molecule has 172 valence electrons. The molecule has 31 heavy (non-hydrogen) atoms. The number of hydrogen-bond donors (Lipinski definition) is 2. The molecule has 0 aromatic heterocycles. The maximum atomic E-state index is 11.8. The SMILES string of the molecule is CC(=O)OC[C@H]1O[C@H](NC2=NCCC(=O)N2)[C@H](OC(C)=O)[C@@H](OC(C)=O)[C@H]1OC(C)=O. The Balaban J connectivity index is 2.40. The van der Waals surface area contributed by atoms with E-state index in [4.69, 9.17) is 23.7 Å². The summed E-state index contributed by atoms with van der Waals surface area (Å²) in [4.78, 5) is 62.2. The minimum absolute atomic E-state index is 0.0529. The van der Waals surface area contributed by atoms with Crippen molar-refractivity contribution >= 4 is 35.7 Å². The lowest BCUT2D eigenvalue weighted by molar-refractivity contribution is -0.255. The molecule has 0 spiro atoms. The van der Waals surface area contributed by atoms with Crippen LogP contribution >= 0.6 is 0 Å². The van der Waals surface area contributed by atoms with E-state index in [2.05, 4.69) is 15.6 Å². The summed E-state index contributed by atoms with van der Waals surface area (Å²) < 4.78 is 26.7. The minimum atomic E-state index is -1.31. The monoisotopic (exact) mass is 443 g/mol. The summed E-state index contributed by atoms with van der Waals surface area (Å²) in [5, 5.41) is 5.29. The van der Waals surface area contributed by atoms with E-state index in [0.717, 1.165) is 20.8 Å². The molecule has 13 heteroatoms. The van der Waals surface area contributed by atoms with Crippen LogP contribution in [0.4, 0.5) is 0 Å². The Kier molecular flexibility index (Phi) is 8.30. The number of hydrogen-bond acceptors (Lipinski definition) is 12. The van der Waals surface area contributed by atoms with Crippen molar-refractivity contribution in [1.29, 1.82) is 0 Å². The zero-order chi connectivity index (χ0) is 23.1. The molecule has 0 saturated carbocycles. The quantitative estimate of drug-likeness (QED) is 0.363. The van der Waals surface area contributed by atoms with Crippen LogP contribution in [0, 0.1) is 0 Å². The van der Waals surface area contributed by atoms with Gasteiger partial charge in [0.2, 0.25) is 5.91 Å². The van der Waals surface area contributed by atoms with Gasteiger partial charge in [-0.25, -0.2) is 0 Å². The van der Waals surface area contributed by atoms with Crippen LogP contribution in [0.25, 0.3) is 0 Å². The van der Waals surface area contributed by atoms with Gasteiger partial charge in [-0.3, -0.25) is 34.3 Å². The van der Waals surface area contributed by atoms with Gasteiger partial charge in [0.05, 0.1) is 6.54 Å². The Morgan fingerprint density at radius 1 is 0.968 bits per heavy atom. The van der Waals surface area contributed by atoms with Gasteiger partial charge in [0, 0.05) is 34.1 Å². The van der Waals surface area contributed by atoms with Crippen molar-refractivity contribution < 1.29 is 47.7 Å². The maximum absolute atomic E-state index is 11.8. The van der Waals surface area contributed by atoms with Gasteiger partial charge in [-0.1, -0.05) is 0 Å². The molecule has 2 aliphatic rings. The highest BCUT2D eigenvalue weighted by molar-refractivity contribution is 5.98. The minimum Gasteiger partial charge on any atom is -0.463 e. The lowest BCUT2D eigenvalue weighted by Gasteiger charge is -2.44. The highest BCUT2D eigenvalue weighted by atomic mass is 16.7. The molecule has 13 nitrogen and oxygen atoms in total. The first-order chi connectivity index (χ1) is 14.6. The van der Waals surface area contributed by atoms with Crippen LogP contribution in [0.5, 0.6) is 0 Å². The number of amides is 1. The van der Waals surface area contributed by atoms with Gasteiger partial charge in [0.1, 0.15) is 12.7 Å². The average molecular weight is 443 g/mol. The van der Waals surface area contributed by atoms with E-state index in [-0.39, 0.29) is 31.4 Å². The second-order valence-corrected chi connectivity index (χ2v) is 6.79. The highest BCUT2D eigenvalue weighted by Gasteiger charge is 2.52. The maximum Gasteiger partial charge on any atom is 0.303 e. The summed E-state index contributed by atoms with van der Waals surface area (Å²) in [6.07, 6.45) is -5.95. The number of guanidine groups is 1. The lowest BCUT2D eigenvalue weighted by Crippen LogP contribution is -2.67. The fraction of sp³-hybridized carbons (Fsp3) is 0.667. The van der Waals surface area contributed by atoms with E-state index >= 15 is 0 Å². The molecule has 0 aliphatic carbocycles. The Bertz CT molecular complexity index is 768. The number of nitrogens with one attached hydrogen (secondary N) is 2. The third kappa shape index (κ3) is 7.20. The molecule has 1 saturated heterocycles. The molecule has 2 rings (SSSR count). The van der Waals surface area contributed by atoms with Crippen LogP contribution < -0.4 is 10.6 Å². The molecule has 2 N–H and O–H groups in total. The molecule has 5 atom stereocenters. The first kappa shape index (κ1) is 24.1. The third-order valence-electron chi connectivity index (χ3n) is 4.14. The number of aliphatic imine (C=N–C) groups is 1. The summed E-state index contributed by atoms with van der Waals surface area (Å²) in [6.45, 7) is 4.43. The first-order valence-corrected chi connectivity index (χ1v) is 9.48. The molecular formula is C18H25N3O10. The van der Waals surface area contributed by atoms with Gasteiger partial charge < -0.3 is 29.0 Å². The topological polar surface area (TPSA) is 168 Å². The molecule has 2 aliphatic heterocycles. The summed E-state index contributed by atoms with van der Waals surface area (Å²) in [5.74, 6) is -3.05. The molecule has 2 heterocycles. The number of carbonyl (C=O) groups is 5. The van der Waals surface area contributed by atoms with Gasteiger partial charge in [-0.2, -0.15) is 0 Å². The molecule has 0 aromatic rings. The van der Waals surface area contributed by atoms with Crippen molar-refractivity contribution in [3.05, 3.63) is 0 Å². The summed E-state index contributed by atoms with van der Waals surface area (Å²) in [5.41, 5.74) is 0. The normalized spacial score (nSPS) is 27.8. The van der Waals surface area contributed by atoms with Gasteiger partial charge in [0.15, 0.2) is 30.5 Å². The van der Waals surface area contributed by atoms with E-state index in [1.807, 2.05) is 0 Å². The largest absolute Gasteiger partial charge is 0.463 e. The molecule has 0 aromatic carbocycles. The molecule has 0 unspecified atom stereocenters. The van der Waals surface area contributed by atoms with Crippen LogP contribution in [0.1, 0.15) is 34.1 Å². The van der Waals surface area contributed by atoms with Crippen LogP contribution in [0.15, 0.2) is 4.99 Å². The fourth-order valence-electron chi connectivity index (χ4n) is 3.06. The van der Waals surface area contributed by atoms with Crippen LogP contribution in [-0.2, 0) is 47.7 Å². The molecule has 0 radical (unpaired) electrons. The predicted octanol–water partition coefficient (Wildman–Crippen LogP) is -1.46. The average Bonchev–Trinajstić information content (AvgIpc) is 2.64. The molecule has 1 amide bonds. The third-order valence-corrected chi connectivity index (χ3v) is 4.14. The van der Waals surface area contributed by atoms with Crippen molar-refractivity contribution in [3.63, 3.8) is 0 Å². The van der Waals surface area contributed by atoms with E-state index in [0.29, 0.717) is 0 Å². The number of esters is 4. The predicted molar refractivity (Wildman–Crippen MR) is 100 cm³/mol. The second kappa shape index (κ2) is 10.7. The first-order valence-electron chi connectivity index (χ1n) is 9.48. The van der Waals surface area contributed by atoms with E-state index in [9.17, 15) is 24.0 Å². The second-order valence-electron chi connectivity index (χ2n) is 6.79. The van der Waals surface area contributed by atoms with Crippen LogP contribution in [0.3, 0.4) is 0 Å². The summed E-state index contributed by atoms with van der Waals surface area (Å²) in [6, 6.07) is 0. The zero-order valence-electron chi connectivity index (χ0n) is 17.5. The number of ether oxygens (including phenoxy) is 5. The number of nitrogens with zero attached hydrogens (tertiary/aromatic N) is 1. The van der Waals surface area contributed by atoms with Crippen molar-refractivity contribution in [3.8, 4) is 0 Å². The number of carbonyl (C=O) groups excluding carboxylic acids is 5. The molecule has 1 fully saturated rings. The smallest absolute Gasteiger partial charge is 0.303 e. The van der Waals surface area contributed by atoms with Gasteiger partial charge in [-0.15, -0.1) is 0 Å². The highest BCUT2D eigenvalue weighted by Crippen LogP contribution is 2.28. The van der Waals surface area contributed by atoms with E-state index in [1.54, 1.807) is 0 Å².